The van der Waals surface area contributed by atoms with Crippen LogP contribution in [0.3, 0.4) is 0 Å². The molecule has 230 valence electrons. The molecule has 0 bridgehead atoms. The molecular formula is C36H58N2O3. The number of ether oxygens (including phenoxy) is 3. The van der Waals surface area contributed by atoms with E-state index < -0.39 is 0 Å². The van der Waals surface area contributed by atoms with Crippen molar-refractivity contribution < 1.29 is 14.2 Å². The van der Waals surface area contributed by atoms with Crippen LogP contribution in [-0.2, 0) is 0 Å². The number of nitrogens with zero attached hydrogens (tertiary/aromatic N) is 2. The summed E-state index contributed by atoms with van der Waals surface area (Å²) in [6, 6.07) is 8.98. The van der Waals surface area contributed by atoms with E-state index in [2.05, 4.69) is 88.3 Å². The zero-order valence-corrected chi connectivity index (χ0v) is 28.6. The second kappa shape index (κ2) is 17.2. The fraction of sp³-hybridized carbons (Fsp3) is 0.611. The zero-order valence-electron chi connectivity index (χ0n) is 28.6. The maximum absolute atomic E-state index is 5.46. The first-order valence-corrected chi connectivity index (χ1v) is 15.2. The molecule has 0 saturated heterocycles. The quantitative estimate of drug-likeness (QED) is 0.241. The summed E-state index contributed by atoms with van der Waals surface area (Å²) in [4.78, 5) is 9.61. The van der Waals surface area contributed by atoms with Crippen LogP contribution in [0.4, 0.5) is 0 Å². The van der Waals surface area contributed by atoms with E-state index in [0.717, 1.165) is 28.4 Å². The largest absolute Gasteiger partial charge is 0.496 e. The van der Waals surface area contributed by atoms with Gasteiger partial charge in [0.25, 0.3) is 0 Å². The molecule has 2 aromatic rings. The Kier molecular flexibility index (Phi) is 15.2. The van der Waals surface area contributed by atoms with Crippen molar-refractivity contribution in [1.82, 2.24) is 0 Å². The van der Waals surface area contributed by atoms with Gasteiger partial charge in [-0.05, 0) is 83.9 Å². The van der Waals surface area contributed by atoms with Crippen LogP contribution < -0.4 is 14.2 Å². The van der Waals surface area contributed by atoms with Gasteiger partial charge in [0.05, 0.1) is 33.4 Å². The lowest BCUT2D eigenvalue weighted by atomic mass is 9.93. The molecule has 5 nitrogen and oxygen atoms in total. The van der Waals surface area contributed by atoms with Gasteiger partial charge in [-0.15, -0.1) is 0 Å². The molecule has 0 saturated carbocycles. The van der Waals surface area contributed by atoms with Crippen molar-refractivity contribution in [1.29, 1.82) is 0 Å². The first-order valence-electron chi connectivity index (χ1n) is 15.2. The Morgan fingerprint density at radius 2 is 0.878 bits per heavy atom. The molecule has 0 aliphatic carbocycles. The van der Waals surface area contributed by atoms with Gasteiger partial charge >= 0.3 is 0 Å². The number of hydrogen-bond donors (Lipinski definition) is 0. The highest BCUT2D eigenvalue weighted by molar-refractivity contribution is 5.85. The first-order chi connectivity index (χ1) is 19.2. The van der Waals surface area contributed by atoms with Crippen LogP contribution >= 0.6 is 0 Å². The van der Waals surface area contributed by atoms with E-state index >= 15 is 0 Å². The Morgan fingerprint density at radius 3 is 1.24 bits per heavy atom. The summed E-state index contributed by atoms with van der Waals surface area (Å²) in [5, 5.41) is 0. The smallest absolute Gasteiger partial charge is 0.128 e. The van der Waals surface area contributed by atoms with Gasteiger partial charge in [-0.2, -0.15) is 0 Å². The fourth-order valence-corrected chi connectivity index (χ4v) is 5.29. The Bertz CT molecular complexity index is 1110. The highest BCUT2D eigenvalue weighted by Gasteiger charge is 2.17. The number of hydrogen-bond acceptors (Lipinski definition) is 5. The van der Waals surface area contributed by atoms with Crippen LogP contribution in [0.5, 0.6) is 17.2 Å². The molecule has 0 aliphatic heterocycles. The van der Waals surface area contributed by atoms with E-state index in [1.54, 1.807) is 21.3 Å². The topological polar surface area (TPSA) is 52.4 Å². The van der Waals surface area contributed by atoms with Crippen LogP contribution in [-0.4, -0.2) is 45.8 Å². The van der Waals surface area contributed by atoms with Crippen LogP contribution in [0.25, 0.3) is 0 Å². The minimum atomic E-state index is 0.312. The van der Waals surface area contributed by atoms with Gasteiger partial charge in [0, 0.05) is 18.0 Å². The molecule has 0 fully saturated rings. The molecule has 0 unspecified atom stereocenters. The van der Waals surface area contributed by atoms with Crippen molar-refractivity contribution in [3.8, 4) is 17.2 Å². The third-order valence-electron chi connectivity index (χ3n) is 7.47. The van der Waals surface area contributed by atoms with Crippen molar-refractivity contribution in [2.75, 3.05) is 21.3 Å². The normalized spacial score (nSPS) is 12.1. The van der Waals surface area contributed by atoms with Crippen molar-refractivity contribution in [3.05, 3.63) is 52.1 Å². The van der Waals surface area contributed by atoms with Crippen molar-refractivity contribution in [2.45, 2.75) is 101 Å². The minimum Gasteiger partial charge on any atom is -0.496 e. The third-order valence-corrected chi connectivity index (χ3v) is 7.47. The maximum Gasteiger partial charge on any atom is 0.128 e. The van der Waals surface area contributed by atoms with Crippen LogP contribution in [0, 0.1) is 37.5 Å². The molecular weight excluding hydrogens is 508 g/mol. The maximum atomic E-state index is 5.46. The molecule has 0 spiro atoms. The molecule has 2 aromatic carbocycles. The van der Waals surface area contributed by atoms with Crippen molar-refractivity contribution >= 4 is 12.4 Å². The van der Waals surface area contributed by atoms with Gasteiger partial charge in [0.15, 0.2) is 0 Å². The van der Waals surface area contributed by atoms with E-state index in [1.165, 1.54) is 16.7 Å². The third kappa shape index (κ3) is 10.8. The standard InChI is InChI=1S/C19H31NO.C17H27NO2/c1-12(2)17-9-15(7)18(21-8)10-16(17)11-20-19(13(3)4)14(5)6;1-11(2)17(12(3)4)18-10-14-9-15(19-6)13(5)8-16(14)20-7/h9-14,19H,1-8H3;8-12,17H,1-7H3. The van der Waals surface area contributed by atoms with Crippen LogP contribution in [0.1, 0.15) is 103 Å². The average Bonchev–Trinajstić information content (AvgIpc) is 2.89. The van der Waals surface area contributed by atoms with E-state index in [9.17, 15) is 0 Å². The number of aryl methyl sites for hydroxylation is 2. The van der Waals surface area contributed by atoms with Gasteiger partial charge in [0.1, 0.15) is 17.2 Å². The van der Waals surface area contributed by atoms with E-state index in [-0.39, 0.29) is 0 Å². The molecule has 5 heteroatoms. The summed E-state index contributed by atoms with van der Waals surface area (Å²) in [7, 11) is 5.09. The second-order valence-electron chi connectivity index (χ2n) is 12.7. The number of methoxy groups -OCH3 is 3. The second-order valence-corrected chi connectivity index (χ2v) is 12.7. The molecule has 41 heavy (non-hydrogen) atoms. The molecule has 0 atom stereocenters. The first kappa shape index (κ1) is 36.2. The lowest BCUT2D eigenvalue weighted by molar-refractivity contribution is 0.389. The predicted octanol–water partition coefficient (Wildman–Crippen LogP) is 9.34. The van der Waals surface area contributed by atoms with Gasteiger partial charge in [-0.3, -0.25) is 9.98 Å². The summed E-state index contributed by atoms with van der Waals surface area (Å²) in [6.45, 7) is 26.3. The van der Waals surface area contributed by atoms with Gasteiger partial charge < -0.3 is 14.2 Å². The van der Waals surface area contributed by atoms with Crippen LogP contribution in [0.15, 0.2) is 34.3 Å². The van der Waals surface area contributed by atoms with Gasteiger partial charge in [-0.1, -0.05) is 75.3 Å². The lowest BCUT2D eigenvalue weighted by Gasteiger charge is -2.21. The van der Waals surface area contributed by atoms with Gasteiger partial charge in [0.2, 0.25) is 0 Å². The molecule has 0 N–H and O–H groups in total. The SMILES string of the molecule is COc1cc(C=NC(C(C)C)C(C)C)c(C(C)C)cc1C.COc1cc(C=NC(C(C)C)C(C)C)c(OC)cc1C. The van der Waals surface area contributed by atoms with E-state index in [0.29, 0.717) is 41.7 Å². The van der Waals surface area contributed by atoms with E-state index in [1.807, 2.05) is 31.5 Å². The Balaban J connectivity index is 0.000000410. The number of aliphatic imine (C=N–C) groups is 2. The Hall–Kier alpha value is -2.82. The summed E-state index contributed by atoms with van der Waals surface area (Å²) in [5.74, 6) is 5.25. The number of benzene rings is 2. The molecule has 0 radical (unpaired) electrons. The highest BCUT2D eigenvalue weighted by atomic mass is 16.5. The number of rotatable bonds is 12. The molecule has 0 heterocycles. The van der Waals surface area contributed by atoms with E-state index in [4.69, 9.17) is 24.2 Å². The van der Waals surface area contributed by atoms with Crippen LogP contribution in [0.2, 0.25) is 0 Å². The average molecular weight is 567 g/mol. The predicted molar refractivity (Wildman–Crippen MR) is 178 cm³/mol. The fourth-order valence-electron chi connectivity index (χ4n) is 5.29. The minimum absolute atomic E-state index is 0.312. The summed E-state index contributed by atoms with van der Waals surface area (Å²) in [6.07, 6.45) is 3.95. The lowest BCUT2D eigenvalue weighted by Crippen LogP contribution is -2.20. The molecule has 0 amide bonds. The van der Waals surface area contributed by atoms with Crippen molar-refractivity contribution in [2.24, 2.45) is 33.7 Å². The summed E-state index contributed by atoms with van der Waals surface area (Å²) in [5.41, 5.74) is 5.72. The summed E-state index contributed by atoms with van der Waals surface area (Å²) < 4.78 is 16.3. The molecule has 2 rings (SSSR count). The zero-order chi connectivity index (χ0) is 31.4. The Labute approximate surface area is 251 Å². The molecule has 0 aromatic heterocycles. The Morgan fingerprint density at radius 1 is 0.512 bits per heavy atom. The highest BCUT2D eigenvalue weighted by Crippen LogP contribution is 2.29. The van der Waals surface area contributed by atoms with Crippen molar-refractivity contribution in [3.63, 3.8) is 0 Å². The summed E-state index contributed by atoms with van der Waals surface area (Å²) >= 11 is 0. The van der Waals surface area contributed by atoms with Gasteiger partial charge in [-0.25, -0.2) is 0 Å². The molecule has 0 aliphatic rings. The monoisotopic (exact) mass is 566 g/mol.